The molecule has 0 bridgehead atoms. The minimum Gasteiger partial charge on any atom is -0.462 e. The van der Waals surface area contributed by atoms with Gasteiger partial charge in [-0.15, -0.1) is 0 Å². The fourth-order valence-corrected chi connectivity index (χ4v) is 4.30. The van der Waals surface area contributed by atoms with Crippen LogP contribution in [0.15, 0.2) is 40.4 Å². The maximum atomic E-state index is 13.0. The molecule has 28 heavy (non-hydrogen) atoms. The summed E-state index contributed by atoms with van der Waals surface area (Å²) in [6.07, 6.45) is 0. The molecule has 0 unspecified atom stereocenters. The van der Waals surface area contributed by atoms with Crippen molar-refractivity contribution in [2.45, 2.75) is 18.7 Å². The van der Waals surface area contributed by atoms with Crippen molar-refractivity contribution in [3.63, 3.8) is 0 Å². The monoisotopic (exact) mass is 408 g/mol. The minimum absolute atomic E-state index is 0.0229. The van der Waals surface area contributed by atoms with Gasteiger partial charge in [0.05, 0.1) is 24.7 Å². The molecule has 9 nitrogen and oxygen atoms in total. The molecular formula is C18H20N2O7S. The first-order valence-electron chi connectivity index (χ1n) is 8.73. The van der Waals surface area contributed by atoms with Gasteiger partial charge in [-0.3, -0.25) is 9.59 Å². The Labute approximate surface area is 162 Å². The van der Waals surface area contributed by atoms with Crippen molar-refractivity contribution >= 4 is 27.8 Å². The first-order valence-corrected chi connectivity index (χ1v) is 10.2. The lowest BCUT2D eigenvalue weighted by Crippen LogP contribution is -2.42. The van der Waals surface area contributed by atoms with Crippen LogP contribution >= 0.6 is 0 Å². The molecule has 10 heteroatoms. The molecule has 1 aromatic carbocycles. The first kappa shape index (κ1) is 20.0. The number of hydrogen-bond acceptors (Lipinski definition) is 8. The van der Waals surface area contributed by atoms with Crippen LogP contribution in [0.2, 0.25) is 0 Å². The van der Waals surface area contributed by atoms with E-state index in [1.54, 1.807) is 26.0 Å². The third-order valence-electron chi connectivity index (χ3n) is 4.39. The maximum absolute atomic E-state index is 13.0. The summed E-state index contributed by atoms with van der Waals surface area (Å²) in [6, 6.07) is 5.73. The van der Waals surface area contributed by atoms with E-state index in [1.807, 2.05) is 0 Å². The van der Waals surface area contributed by atoms with Crippen molar-refractivity contribution in [2.75, 3.05) is 32.9 Å². The number of benzene rings is 1. The second-order valence-corrected chi connectivity index (χ2v) is 8.02. The van der Waals surface area contributed by atoms with Crippen LogP contribution in [0, 0.1) is 6.92 Å². The van der Waals surface area contributed by atoms with E-state index >= 15 is 0 Å². The van der Waals surface area contributed by atoms with Gasteiger partial charge < -0.3 is 14.4 Å². The summed E-state index contributed by atoms with van der Waals surface area (Å²) in [5, 5.41) is 0. The van der Waals surface area contributed by atoms with E-state index in [0.717, 1.165) is 5.56 Å². The number of carbonyl (C=O) groups is 3. The molecule has 1 saturated heterocycles. The second kappa shape index (κ2) is 7.72. The molecule has 1 fully saturated rings. The minimum atomic E-state index is -4.48. The summed E-state index contributed by atoms with van der Waals surface area (Å²) in [4.78, 5) is 39.5. The van der Waals surface area contributed by atoms with Crippen LogP contribution in [0.1, 0.15) is 12.5 Å². The van der Waals surface area contributed by atoms with Crippen LogP contribution in [0.5, 0.6) is 0 Å². The smallest absolute Gasteiger partial charge is 0.346 e. The predicted octanol–water partition coefficient (Wildman–Crippen LogP) is 0.202. The third-order valence-corrected chi connectivity index (χ3v) is 6.07. The fourth-order valence-electron chi connectivity index (χ4n) is 3.00. The molecule has 0 spiro atoms. The molecule has 2 aliphatic rings. The van der Waals surface area contributed by atoms with Crippen LogP contribution in [-0.2, 0) is 33.9 Å². The Hall–Kier alpha value is -2.72. The van der Waals surface area contributed by atoms with Crippen molar-refractivity contribution < 1.29 is 32.3 Å². The second-order valence-electron chi connectivity index (χ2n) is 6.24. The van der Waals surface area contributed by atoms with Crippen LogP contribution < -0.4 is 0 Å². The number of esters is 1. The average Bonchev–Trinajstić information content (AvgIpc) is 2.94. The molecule has 2 amide bonds. The van der Waals surface area contributed by atoms with Crippen LogP contribution in [0.3, 0.4) is 0 Å². The van der Waals surface area contributed by atoms with E-state index in [0.29, 0.717) is 0 Å². The molecule has 0 N–H and O–H groups in total. The standard InChI is InChI=1S/C18H20N2O7S/c1-3-27-18(23)14-15(19-8-10-26-11-9-19)17(22)20(16(14)21)28(24,25)13-6-4-12(2)5-7-13/h4-7H,3,8-11H2,1-2H3. The Morgan fingerprint density at radius 3 is 2.29 bits per heavy atom. The highest BCUT2D eigenvalue weighted by Crippen LogP contribution is 2.31. The molecule has 0 radical (unpaired) electrons. The van der Waals surface area contributed by atoms with Gasteiger partial charge in [-0.05, 0) is 26.0 Å². The Kier molecular flexibility index (Phi) is 5.52. The first-order chi connectivity index (χ1) is 13.3. The number of imide groups is 1. The Balaban J connectivity index is 2.06. The molecule has 0 aliphatic carbocycles. The number of aryl methyl sites for hydroxylation is 1. The Bertz CT molecular complexity index is 945. The lowest BCUT2D eigenvalue weighted by molar-refractivity contribution is -0.140. The molecular weight excluding hydrogens is 388 g/mol. The van der Waals surface area contributed by atoms with E-state index in [9.17, 15) is 22.8 Å². The zero-order valence-electron chi connectivity index (χ0n) is 15.5. The summed E-state index contributed by atoms with van der Waals surface area (Å²) in [7, 11) is -4.48. The van der Waals surface area contributed by atoms with Crippen molar-refractivity contribution in [2.24, 2.45) is 0 Å². The quantitative estimate of drug-likeness (QED) is 0.386. The predicted molar refractivity (Wildman–Crippen MR) is 96.3 cm³/mol. The van der Waals surface area contributed by atoms with Gasteiger partial charge in [0.1, 0.15) is 5.70 Å². The van der Waals surface area contributed by atoms with Gasteiger partial charge >= 0.3 is 5.97 Å². The number of rotatable bonds is 5. The van der Waals surface area contributed by atoms with Gasteiger partial charge in [0, 0.05) is 13.1 Å². The number of amides is 2. The Morgan fingerprint density at radius 1 is 1.11 bits per heavy atom. The summed E-state index contributed by atoms with van der Waals surface area (Å²) in [6.45, 7) is 4.36. The zero-order valence-corrected chi connectivity index (χ0v) is 16.3. The van der Waals surface area contributed by atoms with Crippen LogP contribution in [0.4, 0.5) is 0 Å². The molecule has 3 rings (SSSR count). The summed E-state index contributed by atoms with van der Waals surface area (Å²) >= 11 is 0. The van der Waals surface area contributed by atoms with Crippen molar-refractivity contribution in [1.82, 2.24) is 9.21 Å². The summed E-state index contributed by atoms with van der Waals surface area (Å²) in [5.41, 5.74) is -0.00996. The van der Waals surface area contributed by atoms with E-state index in [-0.39, 0.29) is 47.8 Å². The number of morpholine rings is 1. The number of hydrogen-bond donors (Lipinski definition) is 0. The van der Waals surface area contributed by atoms with Crippen molar-refractivity contribution in [3.05, 3.63) is 41.1 Å². The molecule has 2 heterocycles. The van der Waals surface area contributed by atoms with Crippen LogP contribution in [0.25, 0.3) is 0 Å². The van der Waals surface area contributed by atoms with Gasteiger partial charge in [-0.1, -0.05) is 17.7 Å². The normalized spacial score (nSPS) is 18.1. The highest BCUT2D eigenvalue weighted by atomic mass is 32.2. The molecule has 0 atom stereocenters. The van der Waals surface area contributed by atoms with Gasteiger partial charge in [-0.25, -0.2) is 13.2 Å². The van der Waals surface area contributed by atoms with E-state index in [2.05, 4.69) is 0 Å². The fraction of sp³-hybridized carbons (Fsp3) is 0.389. The van der Waals surface area contributed by atoms with Gasteiger partial charge in [-0.2, -0.15) is 4.31 Å². The van der Waals surface area contributed by atoms with Crippen molar-refractivity contribution in [1.29, 1.82) is 0 Å². The lowest BCUT2D eigenvalue weighted by Gasteiger charge is -2.29. The molecule has 0 aromatic heterocycles. The van der Waals surface area contributed by atoms with Crippen LogP contribution in [-0.4, -0.2) is 68.3 Å². The zero-order chi connectivity index (χ0) is 20.5. The Morgan fingerprint density at radius 2 is 1.71 bits per heavy atom. The summed E-state index contributed by atoms with van der Waals surface area (Å²) in [5.74, 6) is -3.29. The number of ether oxygens (including phenoxy) is 2. The third kappa shape index (κ3) is 3.40. The largest absolute Gasteiger partial charge is 0.462 e. The van der Waals surface area contributed by atoms with E-state index in [1.165, 1.54) is 17.0 Å². The maximum Gasteiger partial charge on any atom is 0.346 e. The average molecular weight is 408 g/mol. The lowest BCUT2D eigenvalue weighted by atomic mass is 10.2. The summed E-state index contributed by atoms with van der Waals surface area (Å²) < 4.78 is 36.2. The number of sulfonamides is 1. The topological polar surface area (TPSA) is 110 Å². The van der Waals surface area contributed by atoms with E-state index < -0.39 is 33.4 Å². The molecule has 2 aliphatic heterocycles. The molecule has 150 valence electrons. The number of carbonyl (C=O) groups excluding carboxylic acids is 3. The molecule has 1 aromatic rings. The SMILES string of the molecule is CCOC(=O)C1=C(N2CCOCC2)C(=O)N(S(=O)(=O)c2ccc(C)cc2)C1=O. The van der Waals surface area contributed by atoms with Gasteiger partial charge in [0.25, 0.3) is 21.8 Å². The van der Waals surface area contributed by atoms with Crippen molar-refractivity contribution in [3.8, 4) is 0 Å². The highest BCUT2D eigenvalue weighted by molar-refractivity contribution is 7.90. The highest BCUT2D eigenvalue weighted by Gasteiger charge is 2.50. The van der Waals surface area contributed by atoms with E-state index in [4.69, 9.17) is 9.47 Å². The number of nitrogens with zero attached hydrogens (tertiary/aromatic N) is 2. The molecule has 0 saturated carbocycles. The van der Waals surface area contributed by atoms with Gasteiger partial charge in [0.15, 0.2) is 5.57 Å². The van der Waals surface area contributed by atoms with Gasteiger partial charge in [0.2, 0.25) is 0 Å².